The average Bonchev–Trinajstić information content (AvgIpc) is 3.25. The molecule has 0 saturated carbocycles. The molecule has 170 valence electrons. The third-order valence-electron chi connectivity index (χ3n) is 7.04. The van der Waals surface area contributed by atoms with Crippen LogP contribution in [0, 0.1) is 11.2 Å². The van der Waals surface area contributed by atoms with E-state index in [0.717, 1.165) is 36.6 Å². The second-order valence-electron chi connectivity index (χ2n) is 9.01. The van der Waals surface area contributed by atoms with Gasteiger partial charge in [0.2, 0.25) is 0 Å². The first-order valence-corrected chi connectivity index (χ1v) is 12.2. The molecule has 6 nitrogen and oxygen atoms in total. The lowest BCUT2D eigenvalue weighted by Crippen LogP contribution is -2.45. The van der Waals surface area contributed by atoms with Gasteiger partial charge >= 0.3 is 6.09 Å². The summed E-state index contributed by atoms with van der Waals surface area (Å²) in [5.74, 6) is 0.553. The number of nitrogens with zero attached hydrogens (tertiary/aromatic N) is 4. The molecule has 5 rings (SSSR count). The molecule has 0 atom stereocenters. The van der Waals surface area contributed by atoms with Crippen molar-refractivity contribution in [2.45, 2.75) is 37.1 Å². The van der Waals surface area contributed by atoms with Crippen LogP contribution in [0.25, 0.3) is 0 Å². The number of anilines is 1. The van der Waals surface area contributed by atoms with Crippen molar-refractivity contribution in [2.75, 3.05) is 44.2 Å². The van der Waals surface area contributed by atoms with E-state index in [0.29, 0.717) is 30.9 Å². The van der Waals surface area contributed by atoms with Gasteiger partial charge in [-0.3, -0.25) is 9.80 Å². The minimum absolute atomic E-state index is 0.0963. The molecule has 8 heteroatoms. The number of carbonyl (C=O) groups excluding carboxylic acids is 1. The number of cyclic esters (lactones) is 1. The zero-order valence-corrected chi connectivity index (χ0v) is 19.0. The highest BCUT2D eigenvalue weighted by molar-refractivity contribution is 7.97. The Bertz CT molecular complexity index is 939. The summed E-state index contributed by atoms with van der Waals surface area (Å²) in [5, 5.41) is 0. The Morgan fingerprint density at radius 1 is 1.00 bits per heavy atom. The van der Waals surface area contributed by atoms with Gasteiger partial charge in [0.15, 0.2) is 0 Å². The van der Waals surface area contributed by atoms with Crippen LogP contribution in [0.5, 0.6) is 0 Å². The van der Waals surface area contributed by atoms with Gasteiger partial charge in [0.1, 0.15) is 18.2 Å². The molecule has 1 amide bonds. The highest BCUT2D eigenvalue weighted by atomic mass is 32.2. The number of rotatable bonds is 5. The van der Waals surface area contributed by atoms with Gasteiger partial charge in [0, 0.05) is 36.3 Å². The van der Waals surface area contributed by atoms with Gasteiger partial charge in [-0.2, -0.15) is 0 Å². The summed E-state index contributed by atoms with van der Waals surface area (Å²) < 4.78 is 21.4. The lowest BCUT2D eigenvalue weighted by atomic mass is 9.71. The molecule has 1 aromatic carbocycles. The molecule has 3 aliphatic rings. The van der Waals surface area contributed by atoms with E-state index < -0.39 is 0 Å². The highest BCUT2D eigenvalue weighted by Gasteiger charge is 2.37. The fraction of sp³-hybridized carbons (Fsp3) is 0.500. The second kappa shape index (κ2) is 9.37. The SMILES string of the molecule is O=C1OCCN1c1ccc(SN2CCC3(CCN(Cc4ccccc4F)CC3)CC2)cn1. The fourth-order valence-electron chi connectivity index (χ4n) is 4.94. The summed E-state index contributed by atoms with van der Waals surface area (Å²) in [7, 11) is 0. The Labute approximate surface area is 192 Å². The van der Waals surface area contributed by atoms with Crippen LogP contribution >= 0.6 is 11.9 Å². The van der Waals surface area contributed by atoms with Crippen molar-refractivity contribution in [1.29, 1.82) is 0 Å². The van der Waals surface area contributed by atoms with E-state index >= 15 is 0 Å². The van der Waals surface area contributed by atoms with Gasteiger partial charge < -0.3 is 4.74 Å². The minimum atomic E-state index is -0.320. The Morgan fingerprint density at radius 3 is 2.41 bits per heavy atom. The van der Waals surface area contributed by atoms with Crippen molar-refractivity contribution in [1.82, 2.24) is 14.2 Å². The predicted octanol–water partition coefficient (Wildman–Crippen LogP) is 4.56. The number of halogens is 1. The van der Waals surface area contributed by atoms with E-state index in [1.165, 1.54) is 25.7 Å². The molecule has 0 radical (unpaired) electrons. The molecular formula is C24H29FN4O2S. The fourth-order valence-corrected chi connectivity index (χ4v) is 5.83. The Balaban J connectivity index is 1.09. The number of carbonyl (C=O) groups is 1. The van der Waals surface area contributed by atoms with Crippen molar-refractivity contribution in [3.05, 3.63) is 54.0 Å². The van der Waals surface area contributed by atoms with Crippen molar-refractivity contribution in [3.63, 3.8) is 0 Å². The zero-order valence-electron chi connectivity index (χ0n) is 18.2. The molecule has 32 heavy (non-hydrogen) atoms. The highest BCUT2D eigenvalue weighted by Crippen LogP contribution is 2.43. The Hall–Kier alpha value is -2.16. The van der Waals surface area contributed by atoms with E-state index in [9.17, 15) is 9.18 Å². The van der Waals surface area contributed by atoms with Gasteiger partial charge in [0.05, 0.1) is 6.54 Å². The lowest BCUT2D eigenvalue weighted by molar-refractivity contribution is 0.0546. The maximum atomic E-state index is 14.0. The van der Waals surface area contributed by atoms with E-state index in [4.69, 9.17) is 4.74 Å². The summed E-state index contributed by atoms with van der Waals surface area (Å²) in [6, 6.07) is 11.0. The lowest BCUT2D eigenvalue weighted by Gasteiger charge is -2.46. The van der Waals surface area contributed by atoms with E-state index in [1.807, 2.05) is 30.5 Å². The molecule has 0 N–H and O–H groups in total. The monoisotopic (exact) mass is 456 g/mol. The van der Waals surface area contributed by atoms with Gasteiger partial charge in [0.25, 0.3) is 0 Å². The molecule has 3 fully saturated rings. The summed E-state index contributed by atoms with van der Waals surface area (Å²) in [6.45, 7) is 5.93. The largest absolute Gasteiger partial charge is 0.447 e. The number of amides is 1. The van der Waals surface area contributed by atoms with E-state index in [1.54, 1.807) is 29.0 Å². The summed E-state index contributed by atoms with van der Waals surface area (Å²) in [4.78, 5) is 21.2. The van der Waals surface area contributed by atoms with E-state index in [2.05, 4.69) is 14.2 Å². The van der Waals surface area contributed by atoms with Gasteiger partial charge in [-0.05, 0) is 74.3 Å². The normalized spacial score (nSPS) is 21.8. The molecule has 0 aliphatic carbocycles. The number of ether oxygens (including phenoxy) is 1. The average molecular weight is 457 g/mol. The second-order valence-corrected chi connectivity index (χ2v) is 10.2. The topological polar surface area (TPSA) is 48.9 Å². The number of hydrogen-bond donors (Lipinski definition) is 0. The first-order valence-electron chi connectivity index (χ1n) is 11.4. The molecule has 3 saturated heterocycles. The predicted molar refractivity (Wildman–Crippen MR) is 123 cm³/mol. The van der Waals surface area contributed by atoms with Crippen LogP contribution in [0.2, 0.25) is 0 Å². The Kier molecular flexibility index (Phi) is 6.35. The number of piperidine rings is 2. The summed E-state index contributed by atoms with van der Waals surface area (Å²) in [6.07, 6.45) is 6.33. The molecule has 4 heterocycles. The molecule has 3 aliphatic heterocycles. The Morgan fingerprint density at radius 2 is 1.75 bits per heavy atom. The molecule has 1 spiro atoms. The van der Waals surface area contributed by atoms with Crippen LogP contribution < -0.4 is 4.90 Å². The summed E-state index contributed by atoms with van der Waals surface area (Å²) >= 11 is 1.75. The van der Waals surface area contributed by atoms with Crippen LogP contribution in [-0.4, -0.2) is 59.6 Å². The van der Waals surface area contributed by atoms with Crippen molar-refractivity contribution < 1.29 is 13.9 Å². The molecule has 2 aromatic rings. The third kappa shape index (κ3) is 4.77. The van der Waals surface area contributed by atoms with E-state index in [-0.39, 0.29) is 11.9 Å². The third-order valence-corrected chi connectivity index (χ3v) is 8.12. The van der Waals surface area contributed by atoms with Crippen LogP contribution in [-0.2, 0) is 11.3 Å². The maximum Gasteiger partial charge on any atom is 0.415 e. The number of likely N-dealkylation sites (tertiary alicyclic amines) is 1. The first-order chi connectivity index (χ1) is 15.6. The van der Waals surface area contributed by atoms with Crippen molar-refractivity contribution >= 4 is 23.9 Å². The van der Waals surface area contributed by atoms with Crippen LogP contribution in [0.3, 0.4) is 0 Å². The van der Waals surface area contributed by atoms with Crippen LogP contribution in [0.15, 0.2) is 47.5 Å². The molecule has 0 unspecified atom stereocenters. The molecular weight excluding hydrogens is 427 g/mol. The van der Waals surface area contributed by atoms with Gasteiger partial charge in [-0.25, -0.2) is 18.5 Å². The van der Waals surface area contributed by atoms with Crippen LogP contribution in [0.4, 0.5) is 15.0 Å². The smallest absolute Gasteiger partial charge is 0.415 e. The van der Waals surface area contributed by atoms with Gasteiger partial charge in [-0.1, -0.05) is 18.2 Å². The van der Waals surface area contributed by atoms with Gasteiger partial charge in [-0.15, -0.1) is 0 Å². The first kappa shape index (κ1) is 21.7. The zero-order chi connectivity index (χ0) is 22.0. The maximum absolute atomic E-state index is 14.0. The standard InChI is InChI=1S/C24H29FN4O2S/c25-21-4-2-1-3-19(21)18-27-11-7-24(8-12-27)9-13-28(14-10-24)32-20-5-6-22(26-17-20)29-15-16-31-23(29)30/h1-6,17H,7-16,18H2. The number of pyridine rings is 1. The molecule has 1 aromatic heterocycles. The minimum Gasteiger partial charge on any atom is -0.447 e. The molecule has 0 bridgehead atoms. The number of hydrogen-bond acceptors (Lipinski definition) is 6. The summed E-state index contributed by atoms with van der Waals surface area (Å²) in [5.41, 5.74) is 1.23. The van der Waals surface area contributed by atoms with Crippen LogP contribution in [0.1, 0.15) is 31.2 Å². The number of aromatic nitrogens is 1. The van der Waals surface area contributed by atoms with Crippen molar-refractivity contribution in [3.8, 4) is 0 Å². The quantitative estimate of drug-likeness (QED) is 0.615. The number of benzene rings is 1. The van der Waals surface area contributed by atoms with Crippen molar-refractivity contribution in [2.24, 2.45) is 5.41 Å².